The van der Waals surface area contributed by atoms with Gasteiger partial charge in [-0.15, -0.1) is 0 Å². The van der Waals surface area contributed by atoms with Gasteiger partial charge in [-0.25, -0.2) is 4.79 Å². The van der Waals surface area contributed by atoms with Crippen LogP contribution in [0.3, 0.4) is 0 Å². The van der Waals surface area contributed by atoms with Crippen molar-refractivity contribution in [2.45, 2.75) is 19.4 Å². The maximum absolute atomic E-state index is 12.8. The Hall–Kier alpha value is -3.14. The van der Waals surface area contributed by atoms with Crippen LogP contribution in [0.1, 0.15) is 21.5 Å². The Morgan fingerprint density at radius 1 is 0.962 bits per heavy atom. The minimum absolute atomic E-state index is 0.288. The smallest absolute Gasteiger partial charge is 0.328 e. The van der Waals surface area contributed by atoms with Crippen molar-refractivity contribution in [3.63, 3.8) is 0 Å². The van der Waals surface area contributed by atoms with Gasteiger partial charge in [0.15, 0.2) is 0 Å². The molecule has 0 aliphatic heterocycles. The molecule has 1 N–H and O–H groups in total. The van der Waals surface area contributed by atoms with Crippen LogP contribution in [0.2, 0.25) is 0 Å². The summed E-state index contributed by atoms with van der Waals surface area (Å²) in [5.74, 6) is -0.747. The van der Waals surface area contributed by atoms with E-state index in [1.165, 1.54) is 7.11 Å². The highest BCUT2D eigenvalue weighted by Gasteiger charge is 2.23. The first-order valence-electron chi connectivity index (χ1n) is 8.50. The van der Waals surface area contributed by atoms with E-state index < -0.39 is 12.0 Å². The lowest BCUT2D eigenvalue weighted by molar-refractivity contribution is -0.142. The molecule has 0 aliphatic carbocycles. The minimum Gasteiger partial charge on any atom is -0.467 e. The molecular weight excluding hydrogens is 326 g/mol. The van der Waals surface area contributed by atoms with Crippen molar-refractivity contribution in [2.75, 3.05) is 7.11 Å². The molecule has 0 saturated heterocycles. The molecule has 0 aromatic heterocycles. The molecule has 3 aromatic rings. The van der Waals surface area contributed by atoms with Crippen molar-refractivity contribution in [3.8, 4) is 0 Å². The zero-order valence-electron chi connectivity index (χ0n) is 14.9. The van der Waals surface area contributed by atoms with Gasteiger partial charge in [0, 0.05) is 12.0 Å². The fourth-order valence-corrected chi connectivity index (χ4v) is 2.95. The molecule has 1 amide bonds. The van der Waals surface area contributed by atoms with Crippen LogP contribution in [0.15, 0.2) is 66.7 Å². The quantitative estimate of drug-likeness (QED) is 0.717. The molecule has 132 valence electrons. The highest BCUT2D eigenvalue weighted by Crippen LogP contribution is 2.19. The first kappa shape index (κ1) is 17.7. The molecule has 0 saturated carbocycles. The summed E-state index contributed by atoms with van der Waals surface area (Å²) >= 11 is 0. The summed E-state index contributed by atoms with van der Waals surface area (Å²) in [6.07, 6.45) is 0.378. The number of rotatable bonds is 5. The third-order valence-corrected chi connectivity index (χ3v) is 4.39. The van der Waals surface area contributed by atoms with Gasteiger partial charge in [0.2, 0.25) is 0 Å². The highest BCUT2D eigenvalue weighted by molar-refractivity contribution is 6.08. The van der Waals surface area contributed by atoms with Crippen LogP contribution < -0.4 is 5.32 Å². The molecule has 1 atom stereocenters. The topological polar surface area (TPSA) is 55.4 Å². The molecule has 0 fully saturated rings. The zero-order valence-corrected chi connectivity index (χ0v) is 14.9. The summed E-state index contributed by atoms with van der Waals surface area (Å²) in [5.41, 5.74) is 2.65. The van der Waals surface area contributed by atoms with Crippen molar-refractivity contribution in [1.29, 1.82) is 0 Å². The average Bonchev–Trinajstić information content (AvgIpc) is 2.68. The SMILES string of the molecule is COC(=O)[C@H](Cc1ccc(C)cc1)NC(=O)c1cccc2ccccc12. The first-order valence-corrected chi connectivity index (χ1v) is 8.50. The van der Waals surface area contributed by atoms with Crippen LogP contribution in [0.4, 0.5) is 0 Å². The van der Waals surface area contributed by atoms with Gasteiger partial charge >= 0.3 is 5.97 Å². The first-order chi connectivity index (χ1) is 12.6. The van der Waals surface area contributed by atoms with E-state index in [-0.39, 0.29) is 5.91 Å². The van der Waals surface area contributed by atoms with Crippen LogP contribution in [-0.4, -0.2) is 25.0 Å². The molecule has 4 heteroatoms. The number of nitrogens with one attached hydrogen (secondary N) is 1. The van der Waals surface area contributed by atoms with Gasteiger partial charge in [-0.3, -0.25) is 4.79 Å². The monoisotopic (exact) mass is 347 g/mol. The zero-order chi connectivity index (χ0) is 18.5. The predicted octanol–water partition coefficient (Wildman–Crippen LogP) is 3.66. The average molecular weight is 347 g/mol. The van der Waals surface area contributed by atoms with Gasteiger partial charge in [-0.1, -0.05) is 66.2 Å². The molecule has 0 radical (unpaired) electrons. The summed E-state index contributed by atoms with van der Waals surface area (Å²) in [4.78, 5) is 25.0. The number of hydrogen-bond donors (Lipinski definition) is 1. The lowest BCUT2D eigenvalue weighted by Gasteiger charge is -2.17. The fraction of sp³-hybridized carbons (Fsp3) is 0.182. The van der Waals surface area contributed by atoms with Crippen molar-refractivity contribution >= 4 is 22.6 Å². The summed E-state index contributed by atoms with van der Waals surface area (Å²) in [6, 6.07) is 20.4. The van der Waals surface area contributed by atoms with E-state index in [0.717, 1.165) is 21.9 Å². The number of esters is 1. The third kappa shape index (κ3) is 3.91. The maximum Gasteiger partial charge on any atom is 0.328 e. The molecule has 3 rings (SSSR count). The summed E-state index contributed by atoms with van der Waals surface area (Å²) in [6.45, 7) is 2.00. The van der Waals surface area contributed by atoms with E-state index in [0.29, 0.717) is 12.0 Å². The Balaban J connectivity index is 1.85. The van der Waals surface area contributed by atoms with Crippen LogP contribution >= 0.6 is 0 Å². The molecular formula is C22H21NO3. The normalized spacial score (nSPS) is 11.8. The summed E-state index contributed by atoms with van der Waals surface area (Å²) in [5, 5.41) is 4.66. The Morgan fingerprint density at radius 3 is 2.38 bits per heavy atom. The second kappa shape index (κ2) is 7.83. The lowest BCUT2D eigenvalue weighted by atomic mass is 10.0. The number of fused-ring (bicyclic) bond motifs is 1. The van der Waals surface area contributed by atoms with E-state index in [1.54, 1.807) is 6.07 Å². The number of aryl methyl sites for hydroxylation is 1. The standard InChI is InChI=1S/C22H21NO3/c1-15-10-12-16(13-11-15)14-20(22(25)26-2)23-21(24)19-9-5-7-17-6-3-4-8-18(17)19/h3-13,20H,14H2,1-2H3,(H,23,24)/t20-/m0/s1. The molecule has 0 bridgehead atoms. The van der Waals surface area contributed by atoms with E-state index in [4.69, 9.17) is 4.74 Å². The van der Waals surface area contributed by atoms with Crippen LogP contribution in [-0.2, 0) is 16.0 Å². The predicted molar refractivity (Wildman–Crippen MR) is 102 cm³/mol. The van der Waals surface area contributed by atoms with Crippen LogP contribution in [0, 0.1) is 6.92 Å². The largest absolute Gasteiger partial charge is 0.467 e. The van der Waals surface area contributed by atoms with E-state index in [2.05, 4.69) is 5.32 Å². The van der Waals surface area contributed by atoms with Gasteiger partial charge in [-0.2, -0.15) is 0 Å². The molecule has 0 heterocycles. The highest BCUT2D eigenvalue weighted by atomic mass is 16.5. The molecule has 26 heavy (non-hydrogen) atoms. The van der Waals surface area contributed by atoms with Crippen molar-refractivity contribution in [2.24, 2.45) is 0 Å². The Labute approximate surface area is 152 Å². The van der Waals surface area contributed by atoms with Gasteiger partial charge < -0.3 is 10.1 Å². The van der Waals surface area contributed by atoms with Gasteiger partial charge in [-0.05, 0) is 29.3 Å². The summed E-state index contributed by atoms with van der Waals surface area (Å²) < 4.78 is 4.88. The minimum atomic E-state index is -0.742. The number of methoxy groups -OCH3 is 1. The number of benzene rings is 3. The molecule has 0 spiro atoms. The fourth-order valence-electron chi connectivity index (χ4n) is 2.95. The maximum atomic E-state index is 12.8. The second-order valence-corrected chi connectivity index (χ2v) is 6.27. The molecule has 0 unspecified atom stereocenters. The van der Waals surface area contributed by atoms with E-state index in [9.17, 15) is 9.59 Å². The van der Waals surface area contributed by atoms with Gasteiger partial charge in [0.25, 0.3) is 5.91 Å². The van der Waals surface area contributed by atoms with Crippen molar-refractivity contribution in [1.82, 2.24) is 5.32 Å². The van der Waals surface area contributed by atoms with Gasteiger partial charge in [0.1, 0.15) is 6.04 Å². The number of carbonyl (C=O) groups excluding carboxylic acids is 2. The van der Waals surface area contributed by atoms with Gasteiger partial charge in [0.05, 0.1) is 7.11 Å². The molecule has 4 nitrogen and oxygen atoms in total. The number of ether oxygens (including phenoxy) is 1. The Bertz CT molecular complexity index is 926. The lowest BCUT2D eigenvalue weighted by Crippen LogP contribution is -2.43. The van der Waals surface area contributed by atoms with E-state index in [1.807, 2.05) is 67.6 Å². The number of hydrogen-bond acceptors (Lipinski definition) is 3. The van der Waals surface area contributed by atoms with E-state index >= 15 is 0 Å². The second-order valence-electron chi connectivity index (χ2n) is 6.27. The number of amides is 1. The summed E-state index contributed by atoms with van der Waals surface area (Å²) in [7, 11) is 1.33. The number of carbonyl (C=O) groups is 2. The van der Waals surface area contributed by atoms with Crippen LogP contribution in [0.5, 0.6) is 0 Å². The Morgan fingerprint density at radius 2 is 1.65 bits per heavy atom. The van der Waals surface area contributed by atoms with Crippen LogP contribution in [0.25, 0.3) is 10.8 Å². The Kier molecular flexibility index (Phi) is 5.32. The van der Waals surface area contributed by atoms with Crippen molar-refractivity contribution in [3.05, 3.63) is 83.4 Å². The van der Waals surface area contributed by atoms with Crippen molar-refractivity contribution < 1.29 is 14.3 Å². The molecule has 3 aromatic carbocycles. The third-order valence-electron chi connectivity index (χ3n) is 4.39. The molecule has 0 aliphatic rings.